The summed E-state index contributed by atoms with van der Waals surface area (Å²) in [6, 6.07) is 8.58. The number of methoxy groups -OCH3 is 2. The molecule has 0 bridgehead atoms. The molecule has 0 aliphatic heterocycles. The normalized spacial score (nSPS) is 10.6. The van der Waals surface area contributed by atoms with Gasteiger partial charge in [-0.1, -0.05) is 18.2 Å². The van der Waals surface area contributed by atoms with Crippen molar-refractivity contribution >= 4 is 5.91 Å². The number of carbonyl (C=O) groups is 1. The summed E-state index contributed by atoms with van der Waals surface area (Å²) in [5.74, 6) is 0.375. The van der Waals surface area contributed by atoms with E-state index in [2.05, 4.69) is 4.98 Å². The maximum atomic E-state index is 14.4. The van der Waals surface area contributed by atoms with Crippen LogP contribution in [0.3, 0.4) is 0 Å². The smallest absolute Gasteiger partial charge is 0.266 e. The van der Waals surface area contributed by atoms with Crippen molar-refractivity contribution in [2.45, 2.75) is 13.3 Å². The van der Waals surface area contributed by atoms with Crippen LogP contribution in [0.1, 0.15) is 27.0 Å². The minimum atomic E-state index is -0.284. The van der Waals surface area contributed by atoms with Gasteiger partial charge in [0.05, 0.1) is 19.8 Å². The van der Waals surface area contributed by atoms with Crippen molar-refractivity contribution in [3.8, 4) is 11.5 Å². The standard InChI is InChI=1S/C20H19FN2O3/c1-13-5-4-6-14(19(13)21)9-15-10-16(18(26-3)11-17(15)25-2)20(24)23-8-7-22-12-23/h4-8,10-12H,9H2,1-3H3. The van der Waals surface area contributed by atoms with Crippen molar-refractivity contribution in [1.29, 1.82) is 0 Å². The number of benzene rings is 2. The molecular formula is C20H19FN2O3. The summed E-state index contributed by atoms with van der Waals surface area (Å²) in [5, 5.41) is 0. The van der Waals surface area contributed by atoms with E-state index in [9.17, 15) is 9.18 Å². The van der Waals surface area contributed by atoms with Crippen molar-refractivity contribution in [3.05, 3.63) is 77.1 Å². The van der Waals surface area contributed by atoms with Gasteiger partial charge in [0.15, 0.2) is 0 Å². The van der Waals surface area contributed by atoms with Crippen LogP contribution in [0.5, 0.6) is 11.5 Å². The van der Waals surface area contributed by atoms with E-state index in [-0.39, 0.29) is 11.7 Å². The van der Waals surface area contributed by atoms with E-state index in [1.165, 1.54) is 31.3 Å². The molecule has 0 unspecified atom stereocenters. The molecule has 134 valence electrons. The van der Waals surface area contributed by atoms with Crippen molar-refractivity contribution in [2.75, 3.05) is 14.2 Å². The first-order valence-electron chi connectivity index (χ1n) is 8.06. The van der Waals surface area contributed by atoms with Gasteiger partial charge in [-0.3, -0.25) is 9.36 Å². The average Bonchev–Trinajstić information content (AvgIpc) is 3.19. The fourth-order valence-corrected chi connectivity index (χ4v) is 2.84. The van der Waals surface area contributed by atoms with Gasteiger partial charge in [-0.2, -0.15) is 0 Å². The first-order valence-corrected chi connectivity index (χ1v) is 8.06. The number of halogens is 1. The van der Waals surface area contributed by atoms with Crippen molar-refractivity contribution < 1.29 is 18.7 Å². The molecule has 0 saturated heterocycles. The third kappa shape index (κ3) is 3.31. The van der Waals surface area contributed by atoms with Crippen LogP contribution >= 0.6 is 0 Å². The number of ether oxygens (including phenoxy) is 2. The van der Waals surface area contributed by atoms with E-state index in [0.29, 0.717) is 40.2 Å². The van der Waals surface area contributed by atoms with Gasteiger partial charge in [0.25, 0.3) is 5.91 Å². The van der Waals surface area contributed by atoms with Crippen LogP contribution in [0.15, 0.2) is 49.1 Å². The molecular weight excluding hydrogens is 335 g/mol. The molecule has 1 aromatic heterocycles. The van der Waals surface area contributed by atoms with E-state index >= 15 is 0 Å². The highest BCUT2D eigenvalue weighted by Crippen LogP contribution is 2.32. The lowest BCUT2D eigenvalue weighted by Gasteiger charge is -2.15. The van der Waals surface area contributed by atoms with E-state index in [1.807, 2.05) is 0 Å². The molecule has 1 heterocycles. The zero-order valence-corrected chi connectivity index (χ0v) is 14.8. The summed E-state index contributed by atoms with van der Waals surface area (Å²) in [6.45, 7) is 1.72. The van der Waals surface area contributed by atoms with Crippen molar-refractivity contribution in [1.82, 2.24) is 9.55 Å². The molecule has 5 nitrogen and oxygen atoms in total. The van der Waals surface area contributed by atoms with Gasteiger partial charge in [0.2, 0.25) is 0 Å². The largest absolute Gasteiger partial charge is 0.496 e. The first kappa shape index (κ1) is 17.7. The lowest BCUT2D eigenvalue weighted by Crippen LogP contribution is -2.12. The molecule has 26 heavy (non-hydrogen) atoms. The molecule has 3 aromatic rings. The van der Waals surface area contributed by atoms with Crippen LogP contribution in [0, 0.1) is 12.7 Å². The van der Waals surface area contributed by atoms with Crippen molar-refractivity contribution in [2.24, 2.45) is 0 Å². The zero-order valence-electron chi connectivity index (χ0n) is 14.8. The molecule has 0 amide bonds. The van der Waals surface area contributed by atoms with Crippen LogP contribution in [0.4, 0.5) is 4.39 Å². The van der Waals surface area contributed by atoms with Gasteiger partial charge in [0, 0.05) is 24.9 Å². The summed E-state index contributed by atoms with van der Waals surface area (Å²) in [5.41, 5.74) is 2.16. The van der Waals surface area contributed by atoms with E-state index in [1.54, 1.807) is 43.5 Å². The Kier molecular flexibility index (Phi) is 5.02. The summed E-state index contributed by atoms with van der Waals surface area (Å²) >= 11 is 0. The van der Waals surface area contributed by atoms with Gasteiger partial charge < -0.3 is 9.47 Å². The SMILES string of the molecule is COc1cc(OC)c(C(=O)n2ccnc2)cc1Cc1cccc(C)c1F. The third-order valence-electron chi connectivity index (χ3n) is 4.22. The Labute approximate surface area is 151 Å². The number of hydrogen-bond donors (Lipinski definition) is 0. The number of carbonyl (C=O) groups excluding carboxylic acids is 1. The Bertz CT molecular complexity index is 936. The maximum Gasteiger partial charge on any atom is 0.266 e. The molecule has 3 rings (SSSR count). The number of nitrogens with zero attached hydrogens (tertiary/aromatic N) is 2. The Morgan fingerprint density at radius 1 is 1.15 bits per heavy atom. The fourth-order valence-electron chi connectivity index (χ4n) is 2.84. The Morgan fingerprint density at radius 3 is 2.58 bits per heavy atom. The number of aromatic nitrogens is 2. The fraction of sp³-hybridized carbons (Fsp3) is 0.200. The first-order chi connectivity index (χ1) is 12.5. The minimum Gasteiger partial charge on any atom is -0.496 e. The van der Waals surface area contributed by atoms with Gasteiger partial charge in [-0.05, 0) is 29.7 Å². The summed E-state index contributed by atoms with van der Waals surface area (Å²) in [6.07, 6.45) is 4.81. The predicted octanol–water partition coefficient (Wildman–Crippen LogP) is 3.63. The van der Waals surface area contributed by atoms with Gasteiger partial charge in [0.1, 0.15) is 23.6 Å². The lowest BCUT2D eigenvalue weighted by atomic mass is 9.99. The predicted molar refractivity (Wildman–Crippen MR) is 95.4 cm³/mol. The van der Waals surface area contributed by atoms with Crippen LogP contribution < -0.4 is 9.47 Å². The molecule has 0 atom stereocenters. The molecule has 0 aliphatic carbocycles. The summed E-state index contributed by atoms with van der Waals surface area (Å²) < 4.78 is 26.5. The quantitative estimate of drug-likeness (QED) is 0.702. The lowest BCUT2D eigenvalue weighted by molar-refractivity contribution is 0.0956. The molecule has 0 saturated carbocycles. The Balaban J connectivity index is 2.08. The summed E-state index contributed by atoms with van der Waals surface area (Å²) in [4.78, 5) is 16.6. The molecule has 0 spiro atoms. The second-order valence-corrected chi connectivity index (χ2v) is 5.86. The zero-order chi connectivity index (χ0) is 18.7. The van der Waals surface area contributed by atoms with E-state index in [4.69, 9.17) is 9.47 Å². The highest BCUT2D eigenvalue weighted by molar-refractivity contribution is 5.99. The van der Waals surface area contributed by atoms with Gasteiger partial charge in [-0.15, -0.1) is 0 Å². The molecule has 0 radical (unpaired) electrons. The monoisotopic (exact) mass is 354 g/mol. The average molecular weight is 354 g/mol. The van der Waals surface area contributed by atoms with Crippen LogP contribution in [0.2, 0.25) is 0 Å². The van der Waals surface area contributed by atoms with Crippen LogP contribution in [-0.2, 0) is 6.42 Å². The Morgan fingerprint density at radius 2 is 1.92 bits per heavy atom. The highest BCUT2D eigenvalue weighted by Gasteiger charge is 2.19. The van der Waals surface area contributed by atoms with Gasteiger partial charge in [-0.25, -0.2) is 9.37 Å². The number of aryl methyl sites for hydroxylation is 1. The second-order valence-electron chi connectivity index (χ2n) is 5.86. The number of rotatable bonds is 5. The number of imidazole rings is 1. The molecule has 2 aromatic carbocycles. The maximum absolute atomic E-state index is 14.4. The Hall–Kier alpha value is -3.15. The molecule has 0 fully saturated rings. The molecule has 6 heteroatoms. The molecule has 0 N–H and O–H groups in total. The van der Waals surface area contributed by atoms with Crippen molar-refractivity contribution in [3.63, 3.8) is 0 Å². The number of hydrogen-bond acceptors (Lipinski definition) is 4. The highest BCUT2D eigenvalue weighted by atomic mass is 19.1. The van der Waals surface area contributed by atoms with E-state index in [0.717, 1.165) is 0 Å². The topological polar surface area (TPSA) is 53.4 Å². The van der Waals surface area contributed by atoms with Crippen LogP contribution in [0.25, 0.3) is 0 Å². The van der Waals surface area contributed by atoms with Crippen LogP contribution in [-0.4, -0.2) is 29.7 Å². The third-order valence-corrected chi connectivity index (χ3v) is 4.22. The second kappa shape index (κ2) is 7.39. The van der Waals surface area contributed by atoms with Gasteiger partial charge >= 0.3 is 0 Å². The molecule has 0 aliphatic rings. The van der Waals surface area contributed by atoms with E-state index < -0.39 is 0 Å². The minimum absolute atomic E-state index is 0.257. The summed E-state index contributed by atoms with van der Waals surface area (Å²) in [7, 11) is 3.02.